The first-order chi connectivity index (χ1) is 9.51. The number of hydrogen-bond donors (Lipinski definition) is 1. The van der Waals surface area contributed by atoms with E-state index in [0.717, 1.165) is 21.5 Å². The molecule has 20 heavy (non-hydrogen) atoms. The Morgan fingerprint density at radius 3 is 2.60 bits per heavy atom. The summed E-state index contributed by atoms with van der Waals surface area (Å²) in [6.45, 7) is 4.29. The molecule has 0 saturated carbocycles. The molecule has 0 atom stereocenters. The van der Waals surface area contributed by atoms with Crippen LogP contribution in [0.3, 0.4) is 0 Å². The minimum absolute atomic E-state index is 0.365. The number of rotatable bonds is 4. The quantitative estimate of drug-likeness (QED) is 0.818. The van der Waals surface area contributed by atoms with E-state index in [2.05, 4.69) is 56.7 Å². The van der Waals surface area contributed by atoms with E-state index in [9.17, 15) is 4.39 Å². The van der Waals surface area contributed by atoms with Crippen LogP contribution >= 0.6 is 22.6 Å². The van der Waals surface area contributed by atoms with Crippen LogP contribution in [0.4, 0.5) is 10.2 Å². The van der Waals surface area contributed by atoms with E-state index in [1.54, 1.807) is 6.07 Å². The van der Waals surface area contributed by atoms with Gasteiger partial charge in [-0.25, -0.2) is 19.3 Å². The average Bonchev–Trinajstić information content (AvgIpc) is 2.41. The molecule has 4 nitrogen and oxygen atoms in total. The van der Waals surface area contributed by atoms with Crippen LogP contribution in [0.1, 0.15) is 19.5 Å². The van der Waals surface area contributed by atoms with Crippen molar-refractivity contribution in [1.29, 1.82) is 0 Å². The molecule has 2 heterocycles. The van der Waals surface area contributed by atoms with Crippen molar-refractivity contribution in [3.05, 3.63) is 33.4 Å². The SMILES string of the molecule is CNc1nc(-c2ccc(F)cn2)nc(CC(C)C)c1I. The average molecular weight is 386 g/mol. The Balaban J connectivity index is 2.50. The van der Waals surface area contributed by atoms with Gasteiger partial charge in [0, 0.05) is 7.05 Å². The first kappa shape index (κ1) is 15.1. The number of anilines is 1. The fourth-order valence-corrected chi connectivity index (χ4v) is 2.53. The van der Waals surface area contributed by atoms with Gasteiger partial charge in [0.2, 0.25) is 0 Å². The highest BCUT2D eigenvalue weighted by atomic mass is 127. The number of nitrogens with zero attached hydrogens (tertiary/aromatic N) is 3. The molecule has 0 aliphatic carbocycles. The van der Waals surface area contributed by atoms with E-state index in [4.69, 9.17) is 0 Å². The third-order valence-corrected chi connectivity index (χ3v) is 3.85. The summed E-state index contributed by atoms with van der Waals surface area (Å²) in [5, 5.41) is 3.07. The summed E-state index contributed by atoms with van der Waals surface area (Å²) in [5.74, 6) is 1.43. The van der Waals surface area contributed by atoms with Gasteiger partial charge in [0.1, 0.15) is 17.3 Å². The van der Waals surface area contributed by atoms with Crippen molar-refractivity contribution >= 4 is 28.4 Å². The number of nitrogens with one attached hydrogen (secondary N) is 1. The van der Waals surface area contributed by atoms with Crippen molar-refractivity contribution in [3.8, 4) is 11.5 Å². The number of halogens is 2. The smallest absolute Gasteiger partial charge is 0.180 e. The Morgan fingerprint density at radius 2 is 2.05 bits per heavy atom. The van der Waals surface area contributed by atoms with Crippen LogP contribution < -0.4 is 5.32 Å². The summed E-state index contributed by atoms with van der Waals surface area (Å²) < 4.78 is 14.0. The molecule has 2 aromatic rings. The van der Waals surface area contributed by atoms with Gasteiger partial charge < -0.3 is 5.32 Å². The second-order valence-corrected chi connectivity index (χ2v) is 5.94. The number of aromatic nitrogens is 3. The third kappa shape index (κ3) is 3.41. The zero-order valence-electron chi connectivity index (χ0n) is 11.6. The highest BCUT2D eigenvalue weighted by Crippen LogP contribution is 2.24. The lowest BCUT2D eigenvalue weighted by atomic mass is 10.1. The van der Waals surface area contributed by atoms with Crippen LogP contribution in [-0.2, 0) is 6.42 Å². The topological polar surface area (TPSA) is 50.7 Å². The minimum atomic E-state index is -0.365. The van der Waals surface area contributed by atoms with E-state index < -0.39 is 0 Å². The molecule has 6 heteroatoms. The summed E-state index contributed by atoms with van der Waals surface area (Å²) in [7, 11) is 1.82. The predicted molar refractivity (Wildman–Crippen MR) is 86.0 cm³/mol. The van der Waals surface area contributed by atoms with Crippen LogP contribution in [0.25, 0.3) is 11.5 Å². The fraction of sp³-hybridized carbons (Fsp3) is 0.357. The lowest BCUT2D eigenvalue weighted by molar-refractivity contribution is 0.621. The van der Waals surface area contributed by atoms with E-state index in [1.807, 2.05) is 7.05 Å². The highest BCUT2D eigenvalue weighted by Gasteiger charge is 2.14. The molecule has 2 aromatic heterocycles. The highest BCUT2D eigenvalue weighted by molar-refractivity contribution is 14.1. The maximum Gasteiger partial charge on any atom is 0.180 e. The summed E-state index contributed by atoms with van der Waals surface area (Å²) in [5.41, 5.74) is 1.56. The molecular weight excluding hydrogens is 370 g/mol. The van der Waals surface area contributed by atoms with Gasteiger partial charge in [-0.15, -0.1) is 0 Å². The summed E-state index contributed by atoms with van der Waals surface area (Å²) >= 11 is 2.25. The van der Waals surface area contributed by atoms with Crippen LogP contribution in [0.15, 0.2) is 18.3 Å². The minimum Gasteiger partial charge on any atom is -0.372 e. The van der Waals surface area contributed by atoms with Gasteiger partial charge in [-0.2, -0.15) is 0 Å². The van der Waals surface area contributed by atoms with Gasteiger partial charge in [-0.05, 0) is 47.1 Å². The van der Waals surface area contributed by atoms with Crippen molar-refractivity contribution in [1.82, 2.24) is 15.0 Å². The molecule has 2 rings (SSSR count). The van der Waals surface area contributed by atoms with Gasteiger partial charge in [0.15, 0.2) is 5.82 Å². The second-order valence-electron chi connectivity index (χ2n) is 4.87. The summed E-state index contributed by atoms with van der Waals surface area (Å²) in [4.78, 5) is 13.1. The summed E-state index contributed by atoms with van der Waals surface area (Å²) in [6, 6.07) is 2.96. The fourth-order valence-electron chi connectivity index (χ4n) is 1.80. The standard InChI is InChI=1S/C14H16FIN4/c1-8(2)6-11-12(16)14(17-3)20-13(19-11)10-5-4-9(15)7-18-10/h4-5,7-8H,6H2,1-3H3,(H,17,19,20). The van der Waals surface area contributed by atoms with E-state index in [0.29, 0.717) is 17.4 Å². The largest absolute Gasteiger partial charge is 0.372 e. The normalized spacial score (nSPS) is 10.9. The van der Waals surface area contributed by atoms with Gasteiger partial charge in [-0.3, -0.25) is 0 Å². The first-order valence-electron chi connectivity index (χ1n) is 6.37. The molecule has 1 N–H and O–H groups in total. The predicted octanol–water partition coefficient (Wildman–Crippen LogP) is 3.52. The molecule has 0 radical (unpaired) electrons. The Labute approximate surface area is 131 Å². The van der Waals surface area contributed by atoms with Crippen molar-refractivity contribution in [2.75, 3.05) is 12.4 Å². The second kappa shape index (κ2) is 6.43. The van der Waals surface area contributed by atoms with Crippen molar-refractivity contribution in [2.24, 2.45) is 5.92 Å². The summed E-state index contributed by atoms with van der Waals surface area (Å²) in [6.07, 6.45) is 2.04. The molecule has 0 unspecified atom stereocenters. The van der Waals surface area contributed by atoms with Crippen LogP contribution in [0.2, 0.25) is 0 Å². The molecule has 0 amide bonds. The molecule has 0 aliphatic rings. The van der Waals surface area contributed by atoms with Crippen molar-refractivity contribution in [2.45, 2.75) is 20.3 Å². The Bertz CT molecular complexity index is 599. The third-order valence-electron chi connectivity index (χ3n) is 2.71. The monoisotopic (exact) mass is 386 g/mol. The molecule has 0 aliphatic heterocycles. The van der Waals surface area contributed by atoms with Crippen LogP contribution in [0.5, 0.6) is 0 Å². The molecule has 0 spiro atoms. The zero-order valence-corrected chi connectivity index (χ0v) is 13.8. The lowest BCUT2D eigenvalue weighted by Crippen LogP contribution is -2.08. The molecule has 0 saturated heterocycles. The number of pyridine rings is 1. The maximum atomic E-state index is 12.9. The van der Waals surface area contributed by atoms with E-state index >= 15 is 0 Å². The van der Waals surface area contributed by atoms with Crippen molar-refractivity contribution < 1.29 is 4.39 Å². The molecule has 0 fully saturated rings. The van der Waals surface area contributed by atoms with Crippen LogP contribution in [0, 0.1) is 15.3 Å². The van der Waals surface area contributed by atoms with Crippen LogP contribution in [-0.4, -0.2) is 22.0 Å². The zero-order chi connectivity index (χ0) is 14.7. The molecule has 0 bridgehead atoms. The molecular formula is C14H16FIN4. The Kier molecular flexibility index (Phi) is 4.85. The molecule has 0 aromatic carbocycles. The Hall–Kier alpha value is -1.31. The Morgan fingerprint density at radius 1 is 1.30 bits per heavy atom. The lowest BCUT2D eigenvalue weighted by Gasteiger charge is -2.12. The van der Waals surface area contributed by atoms with Gasteiger partial charge in [0.05, 0.1) is 15.5 Å². The van der Waals surface area contributed by atoms with E-state index in [-0.39, 0.29) is 5.82 Å². The van der Waals surface area contributed by atoms with Gasteiger partial charge >= 0.3 is 0 Å². The molecule has 106 valence electrons. The van der Waals surface area contributed by atoms with Gasteiger partial charge in [-0.1, -0.05) is 13.8 Å². The van der Waals surface area contributed by atoms with E-state index in [1.165, 1.54) is 12.3 Å². The first-order valence-corrected chi connectivity index (χ1v) is 7.45. The van der Waals surface area contributed by atoms with Gasteiger partial charge in [0.25, 0.3) is 0 Å². The maximum absolute atomic E-state index is 12.9. The van der Waals surface area contributed by atoms with Crippen molar-refractivity contribution in [3.63, 3.8) is 0 Å². The number of hydrogen-bond acceptors (Lipinski definition) is 4.